The highest BCUT2D eigenvalue weighted by atomic mass is 16.5. The Labute approximate surface area is 123 Å². The number of carbonyl (C=O) groups is 1. The number of carboxylic acids is 1. The van der Waals surface area contributed by atoms with Crippen molar-refractivity contribution in [3.05, 3.63) is 52.3 Å². The largest absolute Gasteiger partial charge is 0.478 e. The Hall–Kier alpha value is -2.14. The SMILES string of the molecule is Cc1nn(CC2OCCc3ccccc32)c(C)c1C(=O)O. The van der Waals surface area contributed by atoms with Gasteiger partial charge in [-0.25, -0.2) is 4.79 Å². The van der Waals surface area contributed by atoms with Crippen molar-refractivity contribution < 1.29 is 14.6 Å². The van der Waals surface area contributed by atoms with Crippen LogP contribution in [-0.4, -0.2) is 27.5 Å². The number of fused-ring (bicyclic) bond motifs is 1. The minimum atomic E-state index is -0.929. The molecule has 0 fully saturated rings. The minimum Gasteiger partial charge on any atom is -0.478 e. The molecule has 110 valence electrons. The van der Waals surface area contributed by atoms with Gasteiger partial charge >= 0.3 is 5.97 Å². The molecule has 1 aromatic heterocycles. The lowest BCUT2D eigenvalue weighted by Crippen LogP contribution is -2.21. The molecule has 0 saturated heterocycles. The Balaban J connectivity index is 1.92. The number of aryl methyl sites for hydroxylation is 1. The highest BCUT2D eigenvalue weighted by Crippen LogP contribution is 2.29. The summed E-state index contributed by atoms with van der Waals surface area (Å²) in [5.74, 6) is -0.929. The molecule has 0 radical (unpaired) electrons. The number of nitrogens with zero attached hydrogens (tertiary/aromatic N) is 2. The van der Waals surface area contributed by atoms with Crippen molar-refractivity contribution in [1.29, 1.82) is 0 Å². The molecule has 5 heteroatoms. The first-order valence-corrected chi connectivity index (χ1v) is 7.04. The van der Waals surface area contributed by atoms with Gasteiger partial charge in [0, 0.05) is 0 Å². The van der Waals surface area contributed by atoms with E-state index >= 15 is 0 Å². The lowest BCUT2D eigenvalue weighted by atomic mass is 9.97. The first-order chi connectivity index (χ1) is 10.1. The number of ether oxygens (including phenoxy) is 1. The van der Waals surface area contributed by atoms with Gasteiger partial charge in [-0.2, -0.15) is 5.10 Å². The fourth-order valence-electron chi connectivity index (χ4n) is 2.97. The first-order valence-electron chi connectivity index (χ1n) is 7.04. The number of hydrogen-bond acceptors (Lipinski definition) is 3. The Morgan fingerprint density at radius 2 is 2.19 bits per heavy atom. The van der Waals surface area contributed by atoms with Gasteiger partial charge in [-0.05, 0) is 31.4 Å². The molecular weight excluding hydrogens is 268 g/mol. The third kappa shape index (κ3) is 2.45. The van der Waals surface area contributed by atoms with E-state index in [0.29, 0.717) is 30.1 Å². The minimum absolute atomic E-state index is 0.0744. The molecule has 1 atom stereocenters. The van der Waals surface area contributed by atoms with Gasteiger partial charge in [-0.1, -0.05) is 24.3 Å². The number of rotatable bonds is 3. The molecule has 2 aromatic rings. The van der Waals surface area contributed by atoms with Crippen molar-refractivity contribution in [3.8, 4) is 0 Å². The summed E-state index contributed by atoms with van der Waals surface area (Å²) in [6.45, 7) is 4.74. The first kappa shape index (κ1) is 13.8. The van der Waals surface area contributed by atoms with Crippen LogP contribution in [0.4, 0.5) is 0 Å². The summed E-state index contributed by atoms with van der Waals surface area (Å²) in [7, 11) is 0. The molecule has 1 aromatic carbocycles. The smallest absolute Gasteiger partial charge is 0.339 e. The van der Waals surface area contributed by atoms with E-state index in [0.717, 1.165) is 6.42 Å². The summed E-state index contributed by atoms with van der Waals surface area (Å²) in [6.07, 6.45) is 0.846. The molecule has 1 N–H and O–H groups in total. The lowest BCUT2D eigenvalue weighted by molar-refractivity contribution is 0.0278. The number of hydrogen-bond donors (Lipinski definition) is 1. The van der Waals surface area contributed by atoms with Crippen LogP contribution in [0.3, 0.4) is 0 Å². The van der Waals surface area contributed by atoms with Crippen molar-refractivity contribution in [2.45, 2.75) is 32.9 Å². The summed E-state index contributed by atoms with van der Waals surface area (Å²) < 4.78 is 7.61. The number of carboxylic acid groups (broad SMARTS) is 1. The maximum Gasteiger partial charge on any atom is 0.339 e. The molecule has 21 heavy (non-hydrogen) atoms. The molecule has 0 spiro atoms. The second kappa shape index (κ2) is 5.33. The zero-order chi connectivity index (χ0) is 15.0. The van der Waals surface area contributed by atoms with Gasteiger partial charge in [0.15, 0.2) is 0 Å². The highest BCUT2D eigenvalue weighted by Gasteiger charge is 2.24. The van der Waals surface area contributed by atoms with Gasteiger partial charge in [0.05, 0.1) is 24.5 Å². The zero-order valence-corrected chi connectivity index (χ0v) is 12.2. The maximum absolute atomic E-state index is 11.3. The average Bonchev–Trinajstić information content (AvgIpc) is 2.74. The summed E-state index contributed by atoms with van der Waals surface area (Å²) in [5.41, 5.74) is 3.98. The van der Waals surface area contributed by atoms with Crippen LogP contribution in [0.15, 0.2) is 24.3 Å². The molecule has 2 heterocycles. The summed E-state index contributed by atoms with van der Waals surface area (Å²) in [6, 6.07) is 8.23. The summed E-state index contributed by atoms with van der Waals surface area (Å²) in [5, 5.41) is 13.6. The molecule has 0 saturated carbocycles. The quantitative estimate of drug-likeness (QED) is 0.941. The molecule has 0 aliphatic carbocycles. The van der Waals surface area contributed by atoms with E-state index in [2.05, 4.69) is 17.2 Å². The van der Waals surface area contributed by atoms with E-state index in [1.165, 1.54) is 11.1 Å². The van der Waals surface area contributed by atoms with Gasteiger partial charge in [0.1, 0.15) is 11.7 Å². The molecule has 1 aliphatic rings. The molecule has 1 aliphatic heterocycles. The second-order valence-electron chi connectivity index (χ2n) is 5.34. The van der Waals surface area contributed by atoms with Crippen molar-refractivity contribution in [2.75, 3.05) is 6.61 Å². The van der Waals surface area contributed by atoms with Crippen molar-refractivity contribution >= 4 is 5.97 Å². The van der Waals surface area contributed by atoms with E-state index in [1.807, 2.05) is 12.1 Å². The monoisotopic (exact) mass is 286 g/mol. The normalized spacial score (nSPS) is 17.5. The van der Waals surface area contributed by atoms with E-state index in [9.17, 15) is 9.90 Å². The number of aromatic nitrogens is 2. The van der Waals surface area contributed by atoms with Crippen LogP contribution in [0.2, 0.25) is 0 Å². The topological polar surface area (TPSA) is 64.4 Å². The van der Waals surface area contributed by atoms with Gasteiger partial charge in [0.25, 0.3) is 0 Å². The highest BCUT2D eigenvalue weighted by molar-refractivity contribution is 5.90. The number of aromatic carboxylic acids is 1. The fraction of sp³-hybridized carbons (Fsp3) is 0.375. The van der Waals surface area contributed by atoms with Crippen molar-refractivity contribution in [1.82, 2.24) is 9.78 Å². The number of benzene rings is 1. The van der Waals surface area contributed by atoms with E-state index in [-0.39, 0.29) is 6.10 Å². The molecule has 5 nitrogen and oxygen atoms in total. The third-order valence-corrected chi connectivity index (χ3v) is 4.03. The Bertz CT molecular complexity index is 691. The molecule has 0 bridgehead atoms. The van der Waals surface area contributed by atoms with Crippen LogP contribution >= 0.6 is 0 Å². The van der Waals surface area contributed by atoms with Crippen molar-refractivity contribution in [3.63, 3.8) is 0 Å². The second-order valence-corrected chi connectivity index (χ2v) is 5.34. The third-order valence-electron chi connectivity index (χ3n) is 4.03. The van der Waals surface area contributed by atoms with Gasteiger partial charge in [0.2, 0.25) is 0 Å². The maximum atomic E-state index is 11.3. The van der Waals surface area contributed by atoms with Crippen LogP contribution in [0.5, 0.6) is 0 Å². The average molecular weight is 286 g/mol. The van der Waals surface area contributed by atoms with E-state index in [4.69, 9.17) is 4.74 Å². The molecule has 0 amide bonds. The van der Waals surface area contributed by atoms with E-state index < -0.39 is 5.97 Å². The van der Waals surface area contributed by atoms with Crippen LogP contribution in [0.25, 0.3) is 0 Å². The van der Waals surface area contributed by atoms with E-state index in [1.54, 1.807) is 18.5 Å². The fourth-order valence-corrected chi connectivity index (χ4v) is 2.97. The zero-order valence-electron chi connectivity index (χ0n) is 12.2. The van der Waals surface area contributed by atoms with Crippen LogP contribution in [0, 0.1) is 13.8 Å². The predicted octanol–water partition coefficient (Wildman–Crippen LogP) is 2.51. The predicted molar refractivity (Wildman–Crippen MR) is 77.5 cm³/mol. The van der Waals surface area contributed by atoms with Gasteiger partial charge < -0.3 is 9.84 Å². The van der Waals surface area contributed by atoms with Crippen LogP contribution in [-0.2, 0) is 17.7 Å². The Morgan fingerprint density at radius 3 is 2.90 bits per heavy atom. The Morgan fingerprint density at radius 1 is 1.43 bits per heavy atom. The summed E-state index contributed by atoms with van der Waals surface area (Å²) >= 11 is 0. The Kier molecular flexibility index (Phi) is 3.51. The van der Waals surface area contributed by atoms with Gasteiger partial charge in [-0.15, -0.1) is 0 Å². The molecule has 3 rings (SSSR count). The van der Waals surface area contributed by atoms with Crippen LogP contribution in [0.1, 0.15) is 39.0 Å². The van der Waals surface area contributed by atoms with Crippen molar-refractivity contribution in [2.24, 2.45) is 0 Å². The molecular formula is C16H18N2O3. The van der Waals surface area contributed by atoms with Crippen LogP contribution < -0.4 is 0 Å². The standard InChI is InChI=1S/C16H18N2O3/c1-10-15(16(19)20)11(2)18(17-10)9-14-13-6-4-3-5-12(13)7-8-21-14/h3-6,14H,7-9H2,1-2H3,(H,19,20). The summed E-state index contributed by atoms with van der Waals surface area (Å²) in [4.78, 5) is 11.3. The molecule has 1 unspecified atom stereocenters. The van der Waals surface area contributed by atoms with Gasteiger partial charge in [-0.3, -0.25) is 4.68 Å². The lowest BCUT2D eigenvalue weighted by Gasteiger charge is -2.26.